The molecule has 0 aliphatic heterocycles. The third-order valence-corrected chi connectivity index (χ3v) is 2.02. The Balaban J connectivity index is 2.42. The lowest BCUT2D eigenvalue weighted by atomic mass is 10.3. The second kappa shape index (κ2) is 2.03. The lowest BCUT2D eigenvalue weighted by Crippen LogP contribution is -1.99. The predicted octanol–water partition coefficient (Wildman–Crippen LogP) is 1.28. The van der Waals surface area contributed by atoms with Crippen LogP contribution in [0.1, 0.15) is 24.4 Å². The van der Waals surface area contributed by atoms with Crippen molar-refractivity contribution in [3.63, 3.8) is 0 Å². The Morgan fingerprint density at radius 2 is 2.36 bits per heavy atom. The van der Waals surface area contributed by atoms with E-state index >= 15 is 0 Å². The zero-order valence-corrected chi connectivity index (χ0v) is 6.12. The van der Waals surface area contributed by atoms with Crippen molar-refractivity contribution in [1.82, 2.24) is 4.57 Å². The molecular formula is C8H9N3. The van der Waals surface area contributed by atoms with Crippen LogP contribution in [0.2, 0.25) is 0 Å². The Kier molecular flexibility index (Phi) is 1.16. The van der Waals surface area contributed by atoms with Gasteiger partial charge in [-0.1, -0.05) is 0 Å². The standard InChI is InChI=1S/C8H9N3/c9-5-6-3-4-11(8(6)10)7-1-2-7/h3-4,7H,1-2,10H2. The topological polar surface area (TPSA) is 54.7 Å². The summed E-state index contributed by atoms with van der Waals surface area (Å²) in [4.78, 5) is 0. The summed E-state index contributed by atoms with van der Waals surface area (Å²) in [6, 6.07) is 4.39. The van der Waals surface area contributed by atoms with Crippen molar-refractivity contribution < 1.29 is 0 Å². The number of hydrogen-bond donors (Lipinski definition) is 1. The average Bonchev–Trinajstić information content (AvgIpc) is 2.77. The molecule has 1 aliphatic rings. The molecule has 0 saturated heterocycles. The summed E-state index contributed by atoms with van der Waals surface area (Å²) in [5.74, 6) is 0.620. The van der Waals surface area contributed by atoms with Crippen molar-refractivity contribution in [2.75, 3.05) is 5.73 Å². The molecule has 3 heteroatoms. The van der Waals surface area contributed by atoms with Crippen LogP contribution in [0.25, 0.3) is 0 Å². The molecule has 1 aromatic rings. The molecule has 1 saturated carbocycles. The number of anilines is 1. The number of nitriles is 1. The van der Waals surface area contributed by atoms with Crippen LogP contribution in [-0.2, 0) is 0 Å². The van der Waals surface area contributed by atoms with E-state index in [1.807, 2.05) is 10.8 Å². The zero-order valence-electron chi connectivity index (χ0n) is 6.12. The summed E-state index contributed by atoms with van der Waals surface area (Å²) in [6.45, 7) is 0. The van der Waals surface area contributed by atoms with Crippen LogP contribution in [-0.4, -0.2) is 4.57 Å². The maximum atomic E-state index is 8.59. The number of nitrogens with two attached hydrogens (primary N) is 1. The van der Waals surface area contributed by atoms with Crippen molar-refractivity contribution in [2.24, 2.45) is 0 Å². The molecule has 11 heavy (non-hydrogen) atoms. The van der Waals surface area contributed by atoms with Gasteiger partial charge in [0.05, 0.1) is 5.56 Å². The lowest BCUT2D eigenvalue weighted by molar-refractivity contribution is 0.758. The quantitative estimate of drug-likeness (QED) is 0.650. The first-order chi connectivity index (χ1) is 5.33. The fraction of sp³-hybridized carbons (Fsp3) is 0.375. The van der Waals surface area contributed by atoms with Crippen LogP contribution in [0, 0.1) is 11.3 Å². The lowest BCUT2D eigenvalue weighted by Gasteiger charge is -2.00. The van der Waals surface area contributed by atoms with E-state index in [0.717, 1.165) is 0 Å². The Hall–Kier alpha value is -1.43. The van der Waals surface area contributed by atoms with Crippen LogP contribution < -0.4 is 5.73 Å². The molecule has 1 heterocycles. The SMILES string of the molecule is N#Cc1ccn(C2CC2)c1N. The van der Waals surface area contributed by atoms with Crippen molar-refractivity contribution in [1.29, 1.82) is 5.26 Å². The summed E-state index contributed by atoms with van der Waals surface area (Å²) in [7, 11) is 0. The van der Waals surface area contributed by atoms with E-state index in [1.165, 1.54) is 12.8 Å². The molecule has 0 aromatic carbocycles. The Bertz CT molecular complexity index is 315. The highest BCUT2D eigenvalue weighted by molar-refractivity contribution is 5.50. The van der Waals surface area contributed by atoms with E-state index in [-0.39, 0.29) is 0 Å². The maximum absolute atomic E-state index is 8.59. The van der Waals surface area contributed by atoms with E-state index < -0.39 is 0 Å². The zero-order chi connectivity index (χ0) is 7.84. The second-order valence-corrected chi connectivity index (χ2v) is 2.86. The smallest absolute Gasteiger partial charge is 0.121 e. The van der Waals surface area contributed by atoms with Crippen molar-refractivity contribution in [2.45, 2.75) is 18.9 Å². The van der Waals surface area contributed by atoms with Gasteiger partial charge in [-0.25, -0.2) is 0 Å². The van der Waals surface area contributed by atoms with Crippen LogP contribution in [0.5, 0.6) is 0 Å². The highest BCUT2D eigenvalue weighted by atomic mass is 15.1. The molecule has 0 spiro atoms. The molecule has 0 unspecified atom stereocenters. The van der Waals surface area contributed by atoms with Crippen LogP contribution >= 0.6 is 0 Å². The minimum absolute atomic E-state index is 0.567. The molecule has 1 aromatic heterocycles. The van der Waals surface area contributed by atoms with Crippen molar-refractivity contribution >= 4 is 5.82 Å². The monoisotopic (exact) mass is 147 g/mol. The number of nitrogens with zero attached hydrogens (tertiary/aromatic N) is 2. The molecule has 0 amide bonds. The molecule has 1 aliphatic carbocycles. The van der Waals surface area contributed by atoms with Gasteiger partial charge in [-0.15, -0.1) is 0 Å². The van der Waals surface area contributed by atoms with Crippen molar-refractivity contribution in [3.8, 4) is 6.07 Å². The summed E-state index contributed by atoms with van der Waals surface area (Å²) >= 11 is 0. The second-order valence-electron chi connectivity index (χ2n) is 2.86. The fourth-order valence-corrected chi connectivity index (χ4v) is 1.23. The molecule has 3 nitrogen and oxygen atoms in total. The molecule has 1 fully saturated rings. The highest BCUT2D eigenvalue weighted by Crippen LogP contribution is 2.37. The van der Waals surface area contributed by atoms with Crippen LogP contribution in [0.4, 0.5) is 5.82 Å². The van der Waals surface area contributed by atoms with Gasteiger partial charge in [0, 0.05) is 12.2 Å². The largest absolute Gasteiger partial charge is 0.384 e. The van der Waals surface area contributed by atoms with E-state index in [9.17, 15) is 0 Å². The third kappa shape index (κ3) is 0.874. The Labute approximate surface area is 65.0 Å². The van der Waals surface area contributed by atoms with Gasteiger partial charge in [-0.3, -0.25) is 0 Å². The average molecular weight is 147 g/mol. The van der Waals surface area contributed by atoms with Gasteiger partial charge in [0.1, 0.15) is 11.9 Å². The number of hydrogen-bond acceptors (Lipinski definition) is 2. The van der Waals surface area contributed by atoms with Gasteiger partial charge in [-0.2, -0.15) is 5.26 Å². The first kappa shape index (κ1) is 6.29. The molecule has 2 N–H and O–H groups in total. The molecule has 0 bridgehead atoms. The molecule has 0 atom stereocenters. The Morgan fingerprint density at radius 3 is 2.82 bits per heavy atom. The normalized spacial score (nSPS) is 16.3. The first-order valence-corrected chi connectivity index (χ1v) is 3.69. The van der Waals surface area contributed by atoms with E-state index in [2.05, 4.69) is 6.07 Å². The van der Waals surface area contributed by atoms with Crippen LogP contribution in [0.15, 0.2) is 12.3 Å². The summed E-state index contributed by atoms with van der Waals surface area (Å²) in [6.07, 6.45) is 4.29. The van der Waals surface area contributed by atoms with Gasteiger partial charge < -0.3 is 10.3 Å². The van der Waals surface area contributed by atoms with Gasteiger partial charge in [0.15, 0.2) is 0 Å². The minimum Gasteiger partial charge on any atom is -0.384 e. The fourth-order valence-electron chi connectivity index (χ4n) is 1.23. The Morgan fingerprint density at radius 1 is 1.64 bits per heavy atom. The van der Waals surface area contributed by atoms with E-state index in [4.69, 9.17) is 11.0 Å². The van der Waals surface area contributed by atoms with E-state index in [0.29, 0.717) is 17.4 Å². The predicted molar refractivity (Wildman–Crippen MR) is 41.8 cm³/mol. The third-order valence-electron chi connectivity index (χ3n) is 2.02. The number of rotatable bonds is 1. The summed E-state index contributed by atoms with van der Waals surface area (Å²) in [5.41, 5.74) is 6.29. The maximum Gasteiger partial charge on any atom is 0.121 e. The highest BCUT2D eigenvalue weighted by Gasteiger charge is 2.25. The molecule has 56 valence electrons. The first-order valence-electron chi connectivity index (χ1n) is 3.69. The minimum atomic E-state index is 0.567. The summed E-state index contributed by atoms with van der Waals surface area (Å²) in [5, 5.41) is 8.59. The molecule has 0 radical (unpaired) electrons. The molecule has 2 rings (SSSR count). The number of nitrogen functional groups attached to an aromatic ring is 1. The van der Waals surface area contributed by atoms with Gasteiger partial charge in [0.2, 0.25) is 0 Å². The van der Waals surface area contributed by atoms with Gasteiger partial charge >= 0.3 is 0 Å². The molecular weight excluding hydrogens is 138 g/mol. The van der Waals surface area contributed by atoms with E-state index in [1.54, 1.807) is 6.07 Å². The van der Waals surface area contributed by atoms with Gasteiger partial charge in [0.25, 0.3) is 0 Å². The van der Waals surface area contributed by atoms with Crippen molar-refractivity contribution in [3.05, 3.63) is 17.8 Å². The summed E-state index contributed by atoms with van der Waals surface area (Å²) < 4.78 is 1.98. The van der Waals surface area contributed by atoms with Crippen LogP contribution in [0.3, 0.4) is 0 Å². The number of aromatic nitrogens is 1. The van der Waals surface area contributed by atoms with Gasteiger partial charge in [-0.05, 0) is 18.9 Å².